The van der Waals surface area contributed by atoms with Gasteiger partial charge in [0.2, 0.25) is 5.82 Å². The molecular formula is C15H10N4O2. The maximum absolute atomic E-state index is 5.70. The lowest BCUT2D eigenvalue weighted by Gasteiger charge is -1.94. The van der Waals surface area contributed by atoms with Gasteiger partial charge in [0, 0.05) is 17.8 Å². The molecule has 3 aromatic heterocycles. The summed E-state index contributed by atoms with van der Waals surface area (Å²) in [5.74, 6) is 1.30. The van der Waals surface area contributed by atoms with E-state index < -0.39 is 0 Å². The van der Waals surface area contributed by atoms with Crippen LogP contribution >= 0.6 is 0 Å². The number of rotatable bonds is 2. The van der Waals surface area contributed by atoms with Crippen molar-refractivity contribution in [1.82, 2.24) is 15.1 Å². The minimum atomic E-state index is 0.352. The quantitative estimate of drug-likeness (QED) is 0.605. The van der Waals surface area contributed by atoms with Crippen LogP contribution in [-0.4, -0.2) is 15.1 Å². The van der Waals surface area contributed by atoms with E-state index in [0.29, 0.717) is 28.7 Å². The topological polar surface area (TPSA) is 91.0 Å². The molecule has 102 valence electrons. The number of benzene rings is 1. The fourth-order valence-electron chi connectivity index (χ4n) is 2.11. The number of hydrogen-bond donors (Lipinski definition) is 1. The summed E-state index contributed by atoms with van der Waals surface area (Å²) in [6.07, 6.45) is 3.17. The first-order valence-electron chi connectivity index (χ1n) is 6.33. The SMILES string of the molecule is Nc1cncc(-c2nc(-c3cc4ccccc4o3)no2)c1. The molecule has 0 fully saturated rings. The van der Waals surface area contributed by atoms with Crippen molar-refractivity contribution < 1.29 is 8.94 Å². The average molecular weight is 278 g/mol. The van der Waals surface area contributed by atoms with Gasteiger partial charge in [0.05, 0.1) is 11.3 Å². The van der Waals surface area contributed by atoms with Gasteiger partial charge in [0.25, 0.3) is 5.89 Å². The van der Waals surface area contributed by atoms with E-state index in [4.69, 9.17) is 14.7 Å². The van der Waals surface area contributed by atoms with E-state index in [0.717, 1.165) is 11.0 Å². The van der Waals surface area contributed by atoms with Gasteiger partial charge in [-0.3, -0.25) is 4.98 Å². The third-order valence-electron chi connectivity index (χ3n) is 3.08. The van der Waals surface area contributed by atoms with Crippen LogP contribution in [0.25, 0.3) is 34.0 Å². The Hall–Kier alpha value is -3.15. The molecule has 0 aliphatic heterocycles. The molecule has 0 radical (unpaired) electrons. The van der Waals surface area contributed by atoms with E-state index in [1.54, 1.807) is 18.5 Å². The van der Waals surface area contributed by atoms with E-state index in [1.165, 1.54) is 0 Å². The van der Waals surface area contributed by atoms with E-state index in [-0.39, 0.29) is 0 Å². The Balaban J connectivity index is 1.77. The van der Waals surface area contributed by atoms with Crippen molar-refractivity contribution in [2.24, 2.45) is 0 Å². The Labute approximate surface area is 119 Å². The van der Waals surface area contributed by atoms with Gasteiger partial charge in [-0.25, -0.2) is 0 Å². The first kappa shape index (κ1) is 11.7. The molecule has 2 N–H and O–H groups in total. The van der Waals surface area contributed by atoms with Crippen molar-refractivity contribution in [2.45, 2.75) is 0 Å². The van der Waals surface area contributed by atoms with Crippen molar-refractivity contribution in [3.05, 3.63) is 48.8 Å². The molecule has 0 unspecified atom stereocenters. The molecule has 0 aliphatic rings. The first-order chi connectivity index (χ1) is 10.3. The zero-order valence-electron chi connectivity index (χ0n) is 10.9. The molecule has 6 nitrogen and oxygen atoms in total. The van der Waals surface area contributed by atoms with Gasteiger partial charge < -0.3 is 14.7 Å². The van der Waals surface area contributed by atoms with Crippen molar-refractivity contribution in [1.29, 1.82) is 0 Å². The lowest BCUT2D eigenvalue weighted by molar-refractivity contribution is 0.430. The molecule has 0 saturated heterocycles. The van der Waals surface area contributed by atoms with E-state index in [2.05, 4.69) is 15.1 Å². The zero-order chi connectivity index (χ0) is 14.2. The largest absolute Gasteiger partial charge is 0.453 e. The summed E-state index contributed by atoms with van der Waals surface area (Å²) in [5.41, 5.74) is 7.69. The molecule has 3 heterocycles. The maximum Gasteiger partial charge on any atom is 0.259 e. The number of aromatic nitrogens is 3. The number of pyridine rings is 1. The first-order valence-corrected chi connectivity index (χ1v) is 6.33. The Morgan fingerprint density at radius 3 is 2.81 bits per heavy atom. The standard InChI is InChI=1S/C15H10N4O2/c16-11-5-10(7-17-8-11)15-18-14(19-21-15)13-6-9-3-1-2-4-12(9)20-13/h1-8H,16H2. The summed E-state index contributed by atoms with van der Waals surface area (Å²) in [4.78, 5) is 8.32. The highest BCUT2D eigenvalue weighted by Gasteiger charge is 2.14. The molecule has 0 amide bonds. The van der Waals surface area contributed by atoms with Crippen LogP contribution in [0.5, 0.6) is 0 Å². The molecule has 4 aromatic rings. The van der Waals surface area contributed by atoms with Crippen LogP contribution in [0.1, 0.15) is 0 Å². The summed E-state index contributed by atoms with van der Waals surface area (Å²) in [5, 5.41) is 4.93. The number of nitrogen functional groups attached to an aromatic ring is 1. The highest BCUT2D eigenvalue weighted by molar-refractivity contribution is 5.81. The highest BCUT2D eigenvalue weighted by Crippen LogP contribution is 2.27. The monoisotopic (exact) mass is 278 g/mol. The fourth-order valence-corrected chi connectivity index (χ4v) is 2.11. The smallest absolute Gasteiger partial charge is 0.259 e. The summed E-state index contributed by atoms with van der Waals surface area (Å²) < 4.78 is 10.9. The normalized spacial score (nSPS) is 11.0. The second kappa shape index (κ2) is 4.45. The van der Waals surface area contributed by atoms with Gasteiger partial charge in [-0.05, 0) is 18.2 Å². The van der Waals surface area contributed by atoms with Crippen LogP contribution in [0.15, 0.2) is 57.7 Å². The van der Waals surface area contributed by atoms with Gasteiger partial charge in [-0.1, -0.05) is 23.4 Å². The second-order valence-corrected chi connectivity index (χ2v) is 4.58. The van der Waals surface area contributed by atoms with Gasteiger partial charge in [0.1, 0.15) is 5.58 Å². The lowest BCUT2D eigenvalue weighted by atomic mass is 10.2. The van der Waals surface area contributed by atoms with Crippen molar-refractivity contribution in [3.8, 4) is 23.0 Å². The molecule has 6 heteroatoms. The second-order valence-electron chi connectivity index (χ2n) is 4.58. The van der Waals surface area contributed by atoms with Gasteiger partial charge in [-0.2, -0.15) is 4.98 Å². The van der Waals surface area contributed by atoms with Crippen LogP contribution < -0.4 is 5.73 Å². The number of nitrogens with zero attached hydrogens (tertiary/aromatic N) is 3. The molecule has 0 saturated carbocycles. The minimum Gasteiger partial charge on any atom is -0.453 e. The fraction of sp³-hybridized carbons (Fsp3) is 0. The zero-order valence-corrected chi connectivity index (χ0v) is 10.9. The number of furan rings is 1. The summed E-state index contributed by atoms with van der Waals surface area (Å²) in [6.45, 7) is 0. The molecule has 0 bridgehead atoms. The molecule has 4 rings (SSSR count). The number of para-hydroxylation sites is 1. The van der Waals surface area contributed by atoms with Crippen LogP contribution in [-0.2, 0) is 0 Å². The predicted molar refractivity (Wildman–Crippen MR) is 77.1 cm³/mol. The van der Waals surface area contributed by atoms with Gasteiger partial charge >= 0.3 is 0 Å². The maximum atomic E-state index is 5.70. The molecule has 0 spiro atoms. The number of nitrogens with two attached hydrogens (primary N) is 1. The van der Waals surface area contributed by atoms with Crippen LogP contribution in [0.4, 0.5) is 5.69 Å². The Morgan fingerprint density at radius 1 is 1.05 bits per heavy atom. The van der Waals surface area contributed by atoms with E-state index in [1.807, 2.05) is 30.3 Å². The summed E-state index contributed by atoms with van der Waals surface area (Å²) in [7, 11) is 0. The predicted octanol–water partition coefficient (Wildman–Crippen LogP) is 3.13. The van der Waals surface area contributed by atoms with Crippen molar-refractivity contribution in [3.63, 3.8) is 0 Å². The number of fused-ring (bicyclic) bond motifs is 1. The highest BCUT2D eigenvalue weighted by atomic mass is 16.5. The van der Waals surface area contributed by atoms with Crippen LogP contribution in [0.3, 0.4) is 0 Å². The molecule has 1 aromatic carbocycles. The third kappa shape index (κ3) is 2.02. The average Bonchev–Trinajstić information content (AvgIpc) is 3.14. The van der Waals surface area contributed by atoms with E-state index >= 15 is 0 Å². The lowest BCUT2D eigenvalue weighted by Crippen LogP contribution is -1.87. The minimum absolute atomic E-state index is 0.352. The molecule has 21 heavy (non-hydrogen) atoms. The van der Waals surface area contributed by atoms with Crippen LogP contribution in [0, 0.1) is 0 Å². The summed E-state index contributed by atoms with van der Waals surface area (Å²) >= 11 is 0. The third-order valence-corrected chi connectivity index (χ3v) is 3.08. The Morgan fingerprint density at radius 2 is 1.95 bits per heavy atom. The van der Waals surface area contributed by atoms with Gasteiger partial charge in [0.15, 0.2) is 5.76 Å². The molecular weight excluding hydrogens is 268 g/mol. The Kier molecular flexibility index (Phi) is 2.47. The molecule has 0 aliphatic carbocycles. The van der Waals surface area contributed by atoms with Crippen molar-refractivity contribution >= 4 is 16.7 Å². The van der Waals surface area contributed by atoms with E-state index in [9.17, 15) is 0 Å². The van der Waals surface area contributed by atoms with Crippen LogP contribution in [0.2, 0.25) is 0 Å². The number of anilines is 1. The number of hydrogen-bond acceptors (Lipinski definition) is 6. The summed E-state index contributed by atoms with van der Waals surface area (Å²) in [6, 6.07) is 11.3. The molecule has 0 atom stereocenters. The Bertz CT molecular complexity index is 893. The van der Waals surface area contributed by atoms with Gasteiger partial charge in [-0.15, -0.1) is 0 Å². The van der Waals surface area contributed by atoms with Crippen molar-refractivity contribution in [2.75, 3.05) is 5.73 Å².